The molecule has 0 fully saturated rings. The maximum atomic E-state index is 2.25. The van der Waals surface area contributed by atoms with Crippen LogP contribution in [0.1, 0.15) is 49.9 Å². The van der Waals surface area contributed by atoms with Gasteiger partial charge in [0.2, 0.25) is 0 Å². The van der Waals surface area contributed by atoms with Crippen LogP contribution in [0, 0.1) is 33.6 Å². The Kier molecular flexibility index (Phi) is 10.8. The molecule has 0 aromatic heterocycles. The minimum Gasteiger partial charge on any atom is -0.309 e. The van der Waals surface area contributed by atoms with Crippen LogP contribution in [0.3, 0.4) is 0 Å². The van der Waals surface area contributed by atoms with E-state index in [1.54, 1.807) is 0 Å². The summed E-state index contributed by atoms with van der Waals surface area (Å²) in [7, 11) is 4.23. The minimum absolute atomic E-state index is 0. The van der Waals surface area contributed by atoms with Crippen LogP contribution in [-0.2, 0) is 0 Å². The summed E-state index contributed by atoms with van der Waals surface area (Å²) in [6.07, 6.45) is 1.31. The van der Waals surface area contributed by atoms with Crippen LogP contribution in [0.25, 0.3) is 0 Å². The van der Waals surface area contributed by atoms with Crippen molar-refractivity contribution >= 4 is 0 Å². The molecular formula is C18H35N. The maximum absolute atomic E-state index is 2.25. The van der Waals surface area contributed by atoms with Gasteiger partial charge in [-0.1, -0.05) is 39.0 Å². The molecule has 19 heavy (non-hydrogen) atoms. The standard InChI is InChI=1S/C10H14.C7H17N.CH4/c1-7-5-8(2)10(4)9(3)6-7;1-7(2)5-6-8(3)4;/h5-6H,1-4H3;7H,5-6H2,1-4H3;1H4. The lowest BCUT2D eigenvalue weighted by Gasteiger charge is -2.10. The van der Waals surface area contributed by atoms with Gasteiger partial charge < -0.3 is 4.90 Å². The van der Waals surface area contributed by atoms with Crippen molar-refractivity contribution in [2.75, 3.05) is 20.6 Å². The van der Waals surface area contributed by atoms with Gasteiger partial charge in [-0.3, -0.25) is 0 Å². The molecule has 0 unspecified atom stereocenters. The van der Waals surface area contributed by atoms with Crippen molar-refractivity contribution in [3.63, 3.8) is 0 Å². The van der Waals surface area contributed by atoms with Gasteiger partial charge in [-0.05, 0) is 77.4 Å². The van der Waals surface area contributed by atoms with Crippen LogP contribution < -0.4 is 0 Å². The van der Waals surface area contributed by atoms with E-state index in [2.05, 4.69) is 72.7 Å². The molecule has 1 rings (SSSR count). The second-order valence-corrected chi connectivity index (χ2v) is 6.01. The van der Waals surface area contributed by atoms with Crippen LogP contribution in [0.2, 0.25) is 0 Å². The number of hydrogen-bond acceptors (Lipinski definition) is 1. The number of rotatable bonds is 3. The van der Waals surface area contributed by atoms with Crippen molar-refractivity contribution in [1.29, 1.82) is 0 Å². The Hall–Kier alpha value is -0.820. The molecule has 0 aliphatic heterocycles. The molecule has 0 atom stereocenters. The van der Waals surface area contributed by atoms with Gasteiger partial charge in [-0.2, -0.15) is 0 Å². The average molecular weight is 265 g/mol. The summed E-state index contributed by atoms with van der Waals surface area (Å²) in [5.74, 6) is 0.845. The molecule has 0 amide bonds. The molecule has 0 saturated heterocycles. The zero-order valence-corrected chi connectivity index (χ0v) is 13.6. The van der Waals surface area contributed by atoms with Gasteiger partial charge in [-0.15, -0.1) is 0 Å². The Morgan fingerprint density at radius 2 is 1.37 bits per heavy atom. The quantitative estimate of drug-likeness (QED) is 0.730. The van der Waals surface area contributed by atoms with Crippen LogP contribution in [-0.4, -0.2) is 25.5 Å². The fourth-order valence-corrected chi connectivity index (χ4v) is 1.77. The molecule has 0 heterocycles. The zero-order valence-electron chi connectivity index (χ0n) is 13.6. The molecular weight excluding hydrogens is 230 g/mol. The molecule has 0 aliphatic rings. The highest BCUT2D eigenvalue weighted by atomic mass is 15.0. The molecule has 1 aromatic rings. The highest BCUT2D eigenvalue weighted by molar-refractivity contribution is 5.35. The first kappa shape index (κ1) is 20.5. The van der Waals surface area contributed by atoms with E-state index in [-0.39, 0.29) is 7.43 Å². The maximum Gasteiger partial charge on any atom is -0.00224 e. The number of aryl methyl sites for hydroxylation is 3. The first-order valence-corrected chi connectivity index (χ1v) is 6.93. The van der Waals surface area contributed by atoms with Gasteiger partial charge in [0, 0.05) is 0 Å². The summed E-state index contributed by atoms with van der Waals surface area (Å²) in [4.78, 5) is 2.22. The van der Waals surface area contributed by atoms with Crippen molar-refractivity contribution < 1.29 is 0 Å². The Balaban J connectivity index is 0. The lowest BCUT2D eigenvalue weighted by molar-refractivity contribution is 0.369. The molecule has 0 N–H and O–H groups in total. The van der Waals surface area contributed by atoms with Gasteiger partial charge >= 0.3 is 0 Å². The van der Waals surface area contributed by atoms with Crippen molar-refractivity contribution in [2.45, 2.75) is 55.4 Å². The molecule has 1 aromatic carbocycles. The van der Waals surface area contributed by atoms with E-state index < -0.39 is 0 Å². The second-order valence-electron chi connectivity index (χ2n) is 6.01. The summed E-state index contributed by atoms with van der Waals surface area (Å²) < 4.78 is 0. The van der Waals surface area contributed by atoms with E-state index in [4.69, 9.17) is 0 Å². The fourth-order valence-electron chi connectivity index (χ4n) is 1.77. The van der Waals surface area contributed by atoms with Gasteiger partial charge in [0.05, 0.1) is 0 Å². The summed E-state index contributed by atoms with van der Waals surface area (Å²) in [5, 5.41) is 0. The summed E-state index contributed by atoms with van der Waals surface area (Å²) in [6, 6.07) is 4.45. The highest BCUT2D eigenvalue weighted by Gasteiger charge is 1.96. The van der Waals surface area contributed by atoms with E-state index in [1.807, 2.05) is 0 Å². The third-order valence-corrected chi connectivity index (χ3v) is 3.23. The van der Waals surface area contributed by atoms with Gasteiger partial charge in [0.25, 0.3) is 0 Å². The van der Waals surface area contributed by atoms with Crippen LogP contribution in [0.15, 0.2) is 12.1 Å². The van der Waals surface area contributed by atoms with Gasteiger partial charge in [-0.25, -0.2) is 0 Å². The zero-order chi connectivity index (χ0) is 14.3. The molecule has 0 bridgehead atoms. The molecule has 0 aliphatic carbocycles. The highest BCUT2D eigenvalue weighted by Crippen LogP contribution is 2.13. The minimum atomic E-state index is 0. The number of hydrogen-bond donors (Lipinski definition) is 0. The first-order valence-electron chi connectivity index (χ1n) is 6.93. The Morgan fingerprint density at radius 1 is 0.947 bits per heavy atom. The molecule has 0 saturated carbocycles. The lowest BCUT2D eigenvalue weighted by atomic mass is 10.0. The fraction of sp³-hybridized carbons (Fsp3) is 0.667. The summed E-state index contributed by atoms with van der Waals surface area (Å²) in [6.45, 7) is 14.4. The van der Waals surface area contributed by atoms with Crippen LogP contribution in [0.4, 0.5) is 0 Å². The summed E-state index contributed by atoms with van der Waals surface area (Å²) in [5.41, 5.74) is 5.58. The second kappa shape index (κ2) is 10.0. The monoisotopic (exact) mass is 265 g/mol. The molecule has 1 nitrogen and oxygen atoms in total. The Labute approximate surface area is 122 Å². The number of nitrogens with zero attached hydrogens (tertiary/aromatic N) is 1. The molecule has 0 spiro atoms. The topological polar surface area (TPSA) is 3.24 Å². The Morgan fingerprint density at radius 3 is 1.63 bits per heavy atom. The number of benzene rings is 1. The van der Waals surface area contributed by atoms with E-state index in [9.17, 15) is 0 Å². The third-order valence-electron chi connectivity index (χ3n) is 3.23. The van der Waals surface area contributed by atoms with Crippen molar-refractivity contribution in [3.05, 3.63) is 34.4 Å². The predicted octanol–water partition coefficient (Wildman–Crippen LogP) is 5.15. The average Bonchev–Trinajstić information content (AvgIpc) is 2.24. The molecule has 1 heteroatoms. The van der Waals surface area contributed by atoms with Gasteiger partial charge in [0.1, 0.15) is 0 Å². The Bertz CT molecular complexity index is 320. The SMILES string of the molecule is C.CC(C)CCN(C)C.Cc1cc(C)c(C)c(C)c1. The largest absolute Gasteiger partial charge is 0.309 e. The summed E-state index contributed by atoms with van der Waals surface area (Å²) >= 11 is 0. The van der Waals surface area contributed by atoms with E-state index in [0.717, 1.165) is 5.92 Å². The van der Waals surface area contributed by atoms with E-state index in [1.165, 1.54) is 35.2 Å². The van der Waals surface area contributed by atoms with Crippen molar-refractivity contribution in [3.8, 4) is 0 Å². The molecule has 0 radical (unpaired) electrons. The van der Waals surface area contributed by atoms with Crippen molar-refractivity contribution in [1.82, 2.24) is 4.90 Å². The predicted molar refractivity (Wildman–Crippen MR) is 90.1 cm³/mol. The van der Waals surface area contributed by atoms with Crippen LogP contribution in [0.5, 0.6) is 0 Å². The molecule has 112 valence electrons. The normalized spacial score (nSPS) is 10.0. The van der Waals surface area contributed by atoms with E-state index >= 15 is 0 Å². The van der Waals surface area contributed by atoms with Crippen LogP contribution >= 0.6 is 0 Å². The lowest BCUT2D eigenvalue weighted by Crippen LogP contribution is -2.14. The third kappa shape index (κ3) is 9.72. The smallest absolute Gasteiger partial charge is 0.00224 e. The first-order chi connectivity index (χ1) is 8.23. The van der Waals surface area contributed by atoms with E-state index in [0.29, 0.717) is 0 Å². The van der Waals surface area contributed by atoms with Crippen molar-refractivity contribution in [2.24, 2.45) is 5.92 Å². The van der Waals surface area contributed by atoms with Gasteiger partial charge in [0.15, 0.2) is 0 Å².